The summed E-state index contributed by atoms with van der Waals surface area (Å²) in [6, 6.07) is 8.09. The Balaban J connectivity index is 2.84. The van der Waals surface area contributed by atoms with Crippen LogP contribution in [-0.2, 0) is 6.54 Å². The predicted octanol–water partition coefficient (Wildman–Crippen LogP) is 3.26. The summed E-state index contributed by atoms with van der Waals surface area (Å²) in [5.41, 5.74) is 0.906. The van der Waals surface area contributed by atoms with Crippen molar-refractivity contribution in [1.29, 1.82) is 0 Å². The normalized spacial score (nSPS) is 13.1. The van der Waals surface area contributed by atoms with Gasteiger partial charge < -0.3 is 20.3 Å². The van der Waals surface area contributed by atoms with Gasteiger partial charge in [-0.1, -0.05) is 18.2 Å². The van der Waals surface area contributed by atoms with Crippen molar-refractivity contribution in [2.24, 2.45) is 4.99 Å². The molecule has 0 saturated heterocycles. The molecular weight excluding hydrogens is 312 g/mol. The summed E-state index contributed by atoms with van der Waals surface area (Å²) in [6.07, 6.45) is 0. The summed E-state index contributed by atoms with van der Waals surface area (Å²) in [5, 5.41) is 6.75. The molecule has 0 atom stereocenters. The van der Waals surface area contributed by atoms with Gasteiger partial charge in [0.25, 0.3) is 0 Å². The molecule has 0 bridgehead atoms. The van der Waals surface area contributed by atoms with Gasteiger partial charge in [0.2, 0.25) is 0 Å². The lowest BCUT2D eigenvalue weighted by Crippen LogP contribution is -2.50. The van der Waals surface area contributed by atoms with Crippen LogP contribution in [0.4, 0.5) is 0 Å². The number of ether oxygens (including phenoxy) is 1. The standard InChI is InChI=1S/C20H36N4O/c1-9-21-18(23-15-20(5,6)24(7)8)22-14-16-12-10-11-13-17(16)25-19(2,3)4/h10-13H,9,14-15H2,1-8H3,(H2,21,22,23). The summed E-state index contributed by atoms with van der Waals surface area (Å²) in [4.78, 5) is 6.94. The summed E-state index contributed by atoms with van der Waals surface area (Å²) in [6.45, 7) is 14.9. The highest BCUT2D eigenvalue weighted by molar-refractivity contribution is 5.79. The quantitative estimate of drug-likeness (QED) is 0.586. The number of hydrogen-bond acceptors (Lipinski definition) is 3. The van der Waals surface area contributed by atoms with Gasteiger partial charge in [0.1, 0.15) is 11.4 Å². The predicted molar refractivity (Wildman–Crippen MR) is 107 cm³/mol. The van der Waals surface area contributed by atoms with Crippen LogP contribution in [0, 0.1) is 0 Å². The third kappa shape index (κ3) is 7.78. The van der Waals surface area contributed by atoms with E-state index in [1.807, 2.05) is 18.2 Å². The molecule has 2 N–H and O–H groups in total. The van der Waals surface area contributed by atoms with Gasteiger partial charge in [0.15, 0.2) is 5.96 Å². The SMILES string of the molecule is CCNC(=NCc1ccccc1OC(C)(C)C)NCC(C)(C)N(C)C. The lowest BCUT2D eigenvalue weighted by molar-refractivity contribution is 0.129. The molecule has 0 saturated carbocycles. The summed E-state index contributed by atoms with van der Waals surface area (Å²) in [7, 11) is 4.18. The average Bonchev–Trinajstić information content (AvgIpc) is 2.49. The van der Waals surface area contributed by atoms with Gasteiger partial charge in [-0.05, 0) is 61.7 Å². The molecule has 0 radical (unpaired) electrons. The zero-order chi connectivity index (χ0) is 19.1. The van der Waals surface area contributed by atoms with Gasteiger partial charge >= 0.3 is 0 Å². The van der Waals surface area contributed by atoms with Crippen molar-refractivity contribution in [3.05, 3.63) is 29.8 Å². The maximum absolute atomic E-state index is 6.05. The molecule has 1 rings (SSSR count). The lowest BCUT2D eigenvalue weighted by atomic mass is 10.0. The minimum Gasteiger partial charge on any atom is -0.488 e. The maximum atomic E-state index is 6.05. The molecule has 5 heteroatoms. The number of nitrogens with zero attached hydrogens (tertiary/aromatic N) is 2. The first kappa shape index (κ1) is 21.3. The van der Waals surface area contributed by atoms with Gasteiger partial charge in [-0.3, -0.25) is 0 Å². The molecule has 1 aromatic rings. The molecule has 0 spiro atoms. The second kappa shape index (κ2) is 9.09. The smallest absolute Gasteiger partial charge is 0.191 e. The Kier molecular flexibility index (Phi) is 7.74. The van der Waals surface area contributed by atoms with Crippen molar-refractivity contribution >= 4 is 5.96 Å². The highest BCUT2D eigenvalue weighted by Gasteiger charge is 2.20. The van der Waals surface area contributed by atoms with Gasteiger partial charge in [0, 0.05) is 24.2 Å². The Bertz CT molecular complexity index is 559. The molecule has 0 aliphatic rings. The van der Waals surface area contributed by atoms with E-state index in [4.69, 9.17) is 9.73 Å². The Morgan fingerprint density at radius 1 is 1.08 bits per heavy atom. The van der Waals surface area contributed by atoms with Crippen molar-refractivity contribution < 1.29 is 4.74 Å². The molecule has 5 nitrogen and oxygen atoms in total. The number of guanidine groups is 1. The largest absolute Gasteiger partial charge is 0.488 e. The molecule has 25 heavy (non-hydrogen) atoms. The number of hydrogen-bond donors (Lipinski definition) is 2. The fourth-order valence-electron chi connectivity index (χ4n) is 2.03. The lowest BCUT2D eigenvalue weighted by Gasteiger charge is -2.33. The number of para-hydroxylation sites is 1. The van der Waals surface area contributed by atoms with Crippen LogP contribution in [0.2, 0.25) is 0 Å². The average molecular weight is 349 g/mol. The first-order valence-corrected chi connectivity index (χ1v) is 9.01. The molecule has 0 amide bonds. The first-order valence-electron chi connectivity index (χ1n) is 9.01. The van der Waals surface area contributed by atoms with E-state index in [0.29, 0.717) is 6.54 Å². The molecule has 142 valence electrons. The Hall–Kier alpha value is -1.75. The van der Waals surface area contributed by atoms with Gasteiger partial charge in [-0.25, -0.2) is 4.99 Å². The van der Waals surface area contributed by atoms with E-state index in [1.54, 1.807) is 0 Å². The number of benzene rings is 1. The van der Waals surface area contributed by atoms with Crippen LogP contribution >= 0.6 is 0 Å². The van der Waals surface area contributed by atoms with Gasteiger partial charge in [-0.2, -0.15) is 0 Å². The van der Waals surface area contributed by atoms with Crippen LogP contribution in [0.25, 0.3) is 0 Å². The van der Waals surface area contributed by atoms with Crippen LogP contribution in [0.1, 0.15) is 47.1 Å². The van der Waals surface area contributed by atoms with E-state index in [9.17, 15) is 0 Å². The van der Waals surface area contributed by atoms with Gasteiger partial charge in [0.05, 0.1) is 6.54 Å². The second-order valence-corrected chi connectivity index (χ2v) is 8.08. The first-order chi connectivity index (χ1) is 11.5. The summed E-state index contributed by atoms with van der Waals surface area (Å²) < 4.78 is 6.05. The van der Waals surface area contributed by atoms with E-state index in [2.05, 4.69) is 77.2 Å². The van der Waals surface area contributed by atoms with E-state index < -0.39 is 0 Å². The van der Waals surface area contributed by atoms with E-state index in [1.165, 1.54) is 0 Å². The van der Waals surface area contributed by atoms with Crippen LogP contribution < -0.4 is 15.4 Å². The number of rotatable bonds is 7. The molecular formula is C20H36N4O. The minimum absolute atomic E-state index is 0.0451. The Morgan fingerprint density at radius 3 is 2.28 bits per heavy atom. The molecule has 0 aromatic heterocycles. The fraction of sp³-hybridized carbons (Fsp3) is 0.650. The van der Waals surface area contributed by atoms with Crippen LogP contribution in [0.15, 0.2) is 29.3 Å². The van der Waals surface area contributed by atoms with E-state index in [-0.39, 0.29) is 11.1 Å². The zero-order valence-electron chi connectivity index (χ0n) is 17.2. The maximum Gasteiger partial charge on any atom is 0.191 e. The van der Waals surface area contributed by atoms with Crippen molar-refractivity contribution in [2.75, 3.05) is 27.2 Å². The summed E-state index contributed by atoms with van der Waals surface area (Å²) in [5.74, 6) is 1.71. The van der Waals surface area contributed by atoms with Crippen LogP contribution in [0.3, 0.4) is 0 Å². The monoisotopic (exact) mass is 348 g/mol. The van der Waals surface area contributed by atoms with Crippen molar-refractivity contribution in [1.82, 2.24) is 15.5 Å². The molecule has 1 aromatic carbocycles. The van der Waals surface area contributed by atoms with Crippen LogP contribution in [0.5, 0.6) is 5.75 Å². The van der Waals surface area contributed by atoms with Crippen molar-refractivity contribution in [2.45, 2.75) is 59.2 Å². The third-order valence-electron chi connectivity index (χ3n) is 4.04. The van der Waals surface area contributed by atoms with E-state index >= 15 is 0 Å². The Labute approximate surface area is 153 Å². The third-order valence-corrected chi connectivity index (χ3v) is 4.04. The molecule has 0 aliphatic heterocycles. The summed E-state index contributed by atoms with van der Waals surface area (Å²) >= 11 is 0. The highest BCUT2D eigenvalue weighted by atomic mass is 16.5. The molecule has 0 aliphatic carbocycles. The van der Waals surface area contributed by atoms with Crippen LogP contribution in [-0.4, -0.2) is 49.2 Å². The van der Waals surface area contributed by atoms with Crippen molar-refractivity contribution in [3.63, 3.8) is 0 Å². The minimum atomic E-state index is -0.224. The number of nitrogens with one attached hydrogen (secondary N) is 2. The van der Waals surface area contributed by atoms with E-state index in [0.717, 1.165) is 30.4 Å². The van der Waals surface area contributed by atoms with Crippen molar-refractivity contribution in [3.8, 4) is 5.75 Å². The Morgan fingerprint density at radius 2 is 1.72 bits per heavy atom. The molecule has 0 heterocycles. The zero-order valence-corrected chi connectivity index (χ0v) is 17.2. The molecule has 0 unspecified atom stereocenters. The molecule has 0 fully saturated rings. The number of likely N-dealkylation sites (N-methyl/N-ethyl adjacent to an activating group) is 1. The number of aliphatic imine (C=N–C) groups is 1. The van der Waals surface area contributed by atoms with Gasteiger partial charge in [-0.15, -0.1) is 0 Å². The second-order valence-electron chi connectivity index (χ2n) is 8.08. The highest BCUT2D eigenvalue weighted by Crippen LogP contribution is 2.23. The fourth-order valence-corrected chi connectivity index (χ4v) is 2.03. The topological polar surface area (TPSA) is 48.9 Å².